The van der Waals surface area contributed by atoms with Crippen molar-refractivity contribution in [2.45, 2.75) is 19.4 Å². The van der Waals surface area contributed by atoms with Crippen LogP contribution in [0.15, 0.2) is 0 Å². The standard InChI is InChI=1S/C6H9NO3/c1-3-4(8)2-5(9)7-6(3)10/h3-4,8H,2H2,1H3,(H,7,9,10). The van der Waals surface area contributed by atoms with Crippen LogP contribution in [0.2, 0.25) is 0 Å². The van der Waals surface area contributed by atoms with Gasteiger partial charge in [-0.05, 0) is 0 Å². The molecule has 2 unspecified atom stereocenters. The Morgan fingerprint density at radius 3 is 2.70 bits per heavy atom. The van der Waals surface area contributed by atoms with Crippen LogP contribution in [0.25, 0.3) is 0 Å². The van der Waals surface area contributed by atoms with Crippen molar-refractivity contribution in [1.29, 1.82) is 0 Å². The van der Waals surface area contributed by atoms with Crippen LogP contribution in [0.4, 0.5) is 0 Å². The second-order valence-corrected chi connectivity index (χ2v) is 2.47. The molecule has 1 rings (SSSR count). The van der Waals surface area contributed by atoms with Crippen LogP contribution in [0, 0.1) is 5.92 Å². The molecule has 56 valence electrons. The van der Waals surface area contributed by atoms with Gasteiger partial charge in [0.25, 0.3) is 0 Å². The molecule has 0 spiro atoms. The van der Waals surface area contributed by atoms with E-state index in [1.165, 1.54) is 0 Å². The van der Waals surface area contributed by atoms with Gasteiger partial charge in [0.15, 0.2) is 0 Å². The van der Waals surface area contributed by atoms with E-state index in [2.05, 4.69) is 5.32 Å². The smallest absolute Gasteiger partial charge is 0.232 e. The third kappa shape index (κ3) is 1.16. The molecule has 0 aromatic carbocycles. The van der Waals surface area contributed by atoms with Gasteiger partial charge in [-0.25, -0.2) is 0 Å². The van der Waals surface area contributed by atoms with Crippen LogP contribution < -0.4 is 5.32 Å². The van der Waals surface area contributed by atoms with Gasteiger partial charge >= 0.3 is 0 Å². The first-order chi connectivity index (χ1) is 4.61. The number of hydrogen-bond acceptors (Lipinski definition) is 3. The van der Waals surface area contributed by atoms with E-state index in [1.807, 2.05) is 0 Å². The topological polar surface area (TPSA) is 66.4 Å². The zero-order valence-electron chi connectivity index (χ0n) is 5.63. The first-order valence-corrected chi connectivity index (χ1v) is 3.13. The molecule has 0 aliphatic carbocycles. The van der Waals surface area contributed by atoms with E-state index in [1.54, 1.807) is 6.92 Å². The number of hydrogen-bond donors (Lipinski definition) is 2. The van der Waals surface area contributed by atoms with Crippen molar-refractivity contribution in [1.82, 2.24) is 5.32 Å². The lowest BCUT2D eigenvalue weighted by molar-refractivity contribution is -0.141. The van der Waals surface area contributed by atoms with E-state index < -0.39 is 17.9 Å². The quantitative estimate of drug-likeness (QED) is 0.429. The number of aliphatic hydroxyl groups is 1. The minimum absolute atomic E-state index is 0.0346. The Labute approximate surface area is 58.2 Å². The second kappa shape index (κ2) is 2.38. The number of imide groups is 1. The summed E-state index contributed by atoms with van der Waals surface area (Å²) in [6.07, 6.45) is -0.770. The molecule has 10 heavy (non-hydrogen) atoms. The summed E-state index contributed by atoms with van der Waals surface area (Å²) in [5.41, 5.74) is 0. The van der Waals surface area contributed by atoms with Crippen molar-refractivity contribution in [3.8, 4) is 0 Å². The molecule has 1 saturated heterocycles. The van der Waals surface area contributed by atoms with E-state index in [-0.39, 0.29) is 12.3 Å². The molecule has 0 radical (unpaired) electrons. The van der Waals surface area contributed by atoms with Gasteiger partial charge in [0, 0.05) is 0 Å². The molecule has 0 aromatic rings. The van der Waals surface area contributed by atoms with E-state index >= 15 is 0 Å². The molecule has 1 aliphatic rings. The van der Waals surface area contributed by atoms with Gasteiger partial charge in [-0.3, -0.25) is 14.9 Å². The van der Waals surface area contributed by atoms with Crippen molar-refractivity contribution in [3.63, 3.8) is 0 Å². The lowest BCUT2D eigenvalue weighted by atomic mass is 9.97. The van der Waals surface area contributed by atoms with Gasteiger partial charge in [0.1, 0.15) is 0 Å². The summed E-state index contributed by atoms with van der Waals surface area (Å²) in [5.74, 6) is -1.24. The van der Waals surface area contributed by atoms with Crippen LogP contribution in [0.1, 0.15) is 13.3 Å². The number of amides is 2. The predicted octanol–water partition coefficient (Wildman–Crippen LogP) is -0.970. The zero-order valence-corrected chi connectivity index (χ0v) is 5.63. The highest BCUT2D eigenvalue weighted by atomic mass is 16.3. The summed E-state index contributed by atoms with van der Waals surface area (Å²) in [6, 6.07) is 0. The second-order valence-electron chi connectivity index (χ2n) is 2.47. The molecule has 0 saturated carbocycles. The SMILES string of the molecule is CC1C(=O)NC(=O)CC1O. The first-order valence-electron chi connectivity index (χ1n) is 3.13. The van der Waals surface area contributed by atoms with Crippen LogP contribution >= 0.6 is 0 Å². The molecule has 1 fully saturated rings. The fraction of sp³-hybridized carbons (Fsp3) is 0.667. The summed E-state index contributed by atoms with van der Waals surface area (Å²) >= 11 is 0. The molecule has 0 bridgehead atoms. The Hall–Kier alpha value is -0.900. The fourth-order valence-electron chi connectivity index (χ4n) is 0.844. The first kappa shape index (κ1) is 7.21. The normalized spacial score (nSPS) is 33.8. The maximum absolute atomic E-state index is 10.7. The van der Waals surface area contributed by atoms with Gasteiger partial charge in [-0.1, -0.05) is 6.92 Å². The van der Waals surface area contributed by atoms with Crippen molar-refractivity contribution in [2.75, 3.05) is 0 Å². The zero-order chi connectivity index (χ0) is 7.72. The molecular weight excluding hydrogens is 134 g/mol. The molecule has 2 N–H and O–H groups in total. The number of aliphatic hydroxyl groups excluding tert-OH is 1. The minimum atomic E-state index is -0.804. The van der Waals surface area contributed by atoms with E-state index in [0.717, 1.165) is 0 Å². The molecule has 4 heteroatoms. The third-order valence-electron chi connectivity index (χ3n) is 1.65. The van der Waals surface area contributed by atoms with Gasteiger partial charge in [0.05, 0.1) is 18.4 Å². The molecule has 0 aromatic heterocycles. The van der Waals surface area contributed by atoms with Crippen LogP contribution in [-0.2, 0) is 9.59 Å². The summed E-state index contributed by atoms with van der Waals surface area (Å²) in [5, 5.41) is 11.2. The Morgan fingerprint density at radius 1 is 1.60 bits per heavy atom. The van der Waals surface area contributed by atoms with Gasteiger partial charge in [0.2, 0.25) is 11.8 Å². The average Bonchev–Trinajstić information content (AvgIpc) is 1.82. The van der Waals surface area contributed by atoms with E-state index in [4.69, 9.17) is 5.11 Å². The third-order valence-corrected chi connectivity index (χ3v) is 1.65. The van der Waals surface area contributed by atoms with Gasteiger partial charge in [-0.15, -0.1) is 0 Å². The van der Waals surface area contributed by atoms with Crippen molar-refractivity contribution < 1.29 is 14.7 Å². The summed E-state index contributed by atoms with van der Waals surface area (Å²) < 4.78 is 0. The Balaban J connectivity index is 2.66. The summed E-state index contributed by atoms with van der Waals surface area (Å²) in [4.78, 5) is 21.3. The molecular formula is C6H9NO3. The summed E-state index contributed by atoms with van der Waals surface area (Å²) in [6.45, 7) is 1.59. The van der Waals surface area contributed by atoms with Crippen LogP contribution in [0.3, 0.4) is 0 Å². The average molecular weight is 143 g/mol. The lowest BCUT2D eigenvalue weighted by Gasteiger charge is -2.22. The number of carbonyl (C=O) groups excluding carboxylic acids is 2. The van der Waals surface area contributed by atoms with E-state index in [9.17, 15) is 9.59 Å². The van der Waals surface area contributed by atoms with Gasteiger partial charge in [-0.2, -0.15) is 0 Å². The lowest BCUT2D eigenvalue weighted by Crippen LogP contribution is -2.47. The Kier molecular flexibility index (Phi) is 1.72. The summed E-state index contributed by atoms with van der Waals surface area (Å²) in [7, 11) is 0. The molecule has 2 atom stereocenters. The minimum Gasteiger partial charge on any atom is -0.392 e. The number of nitrogens with one attached hydrogen (secondary N) is 1. The maximum atomic E-state index is 10.7. The number of carbonyl (C=O) groups is 2. The molecule has 2 amide bonds. The largest absolute Gasteiger partial charge is 0.392 e. The number of rotatable bonds is 0. The Morgan fingerprint density at radius 2 is 2.20 bits per heavy atom. The molecule has 1 aliphatic heterocycles. The molecule has 1 heterocycles. The maximum Gasteiger partial charge on any atom is 0.232 e. The van der Waals surface area contributed by atoms with E-state index in [0.29, 0.717) is 0 Å². The highest BCUT2D eigenvalue weighted by Crippen LogP contribution is 2.11. The Bertz CT molecular complexity index is 178. The number of piperidine rings is 1. The van der Waals surface area contributed by atoms with Crippen LogP contribution in [0.5, 0.6) is 0 Å². The highest BCUT2D eigenvalue weighted by molar-refractivity contribution is 5.99. The van der Waals surface area contributed by atoms with Crippen molar-refractivity contribution in [2.24, 2.45) is 5.92 Å². The molecule has 4 nitrogen and oxygen atoms in total. The van der Waals surface area contributed by atoms with Crippen molar-refractivity contribution >= 4 is 11.8 Å². The fourth-order valence-corrected chi connectivity index (χ4v) is 0.844. The predicted molar refractivity (Wildman–Crippen MR) is 32.9 cm³/mol. The highest BCUT2D eigenvalue weighted by Gasteiger charge is 2.30. The van der Waals surface area contributed by atoms with Gasteiger partial charge < -0.3 is 5.11 Å². The van der Waals surface area contributed by atoms with Crippen LogP contribution in [-0.4, -0.2) is 23.0 Å². The van der Waals surface area contributed by atoms with Crippen molar-refractivity contribution in [3.05, 3.63) is 0 Å². The monoisotopic (exact) mass is 143 g/mol.